The molecule has 1 aliphatic heterocycles. The lowest BCUT2D eigenvalue weighted by Gasteiger charge is -2.40. The highest BCUT2D eigenvalue weighted by atomic mass is 16.5. The van der Waals surface area contributed by atoms with Gasteiger partial charge in [0, 0.05) is 38.9 Å². The van der Waals surface area contributed by atoms with Gasteiger partial charge in [-0.2, -0.15) is 0 Å². The molecule has 0 N–H and O–H groups in total. The number of hydrogen-bond acceptors (Lipinski definition) is 2. The zero-order chi connectivity index (χ0) is 35.5. The van der Waals surface area contributed by atoms with E-state index >= 15 is 0 Å². The first-order chi connectivity index (χ1) is 26.0. The minimum Gasteiger partial charge on any atom is -0.456 e. The highest BCUT2D eigenvalue weighted by Gasteiger charge is 2.51. The number of rotatable bonds is 3. The summed E-state index contributed by atoms with van der Waals surface area (Å²) in [5.74, 6) is 1.84. The summed E-state index contributed by atoms with van der Waals surface area (Å²) < 4.78 is 6.93. The van der Waals surface area contributed by atoms with Crippen LogP contribution in [-0.4, -0.2) is 0 Å². The number of ether oxygens (including phenoxy) is 1. The zero-order valence-corrected chi connectivity index (χ0v) is 30.0. The summed E-state index contributed by atoms with van der Waals surface area (Å²) in [6, 6.07) is 62.6. The van der Waals surface area contributed by atoms with Crippen molar-refractivity contribution in [2.75, 3.05) is 4.90 Å². The summed E-state index contributed by atoms with van der Waals surface area (Å²) in [6.07, 6.45) is 0. The minimum atomic E-state index is -0.583. The molecule has 0 saturated heterocycles. The second-order valence-corrected chi connectivity index (χ2v) is 15.3. The Bertz CT molecular complexity index is 2830. The first-order valence-corrected chi connectivity index (χ1v) is 18.6. The predicted molar refractivity (Wildman–Crippen MR) is 218 cm³/mol. The number of aryl methyl sites for hydroxylation is 1. The molecule has 11 rings (SSSR count). The number of fused-ring (bicyclic) bond motifs is 14. The standard InChI is InChI=1S/C51H37NO/c1-32-15-4-12-24-45(32)52(46-25-14-23-42-48(46)38-19-8-9-20-39(38)50(42,2)3)34-28-29-37-36-18-7-10-21-40(36)51(44(37)31-34)41-22-11-13-26-47(41)53-49-35-17-6-5-16-33(35)27-30-43(49)51/h4-31H,1-3H3. The fourth-order valence-electron chi connectivity index (χ4n) is 9.90. The van der Waals surface area contributed by atoms with Crippen molar-refractivity contribution in [2.24, 2.45) is 0 Å². The maximum absolute atomic E-state index is 6.93. The molecule has 0 radical (unpaired) electrons. The summed E-state index contributed by atoms with van der Waals surface area (Å²) in [5.41, 5.74) is 16.8. The molecule has 0 bridgehead atoms. The molecule has 1 unspecified atom stereocenters. The molecule has 0 fully saturated rings. The van der Waals surface area contributed by atoms with Crippen molar-refractivity contribution in [1.29, 1.82) is 0 Å². The van der Waals surface area contributed by atoms with Crippen molar-refractivity contribution >= 4 is 27.8 Å². The summed E-state index contributed by atoms with van der Waals surface area (Å²) in [4.78, 5) is 2.51. The van der Waals surface area contributed by atoms with E-state index in [9.17, 15) is 0 Å². The highest BCUT2D eigenvalue weighted by molar-refractivity contribution is 5.99. The molecule has 8 aromatic rings. The Labute approximate surface area is 310 Å². The number of anilines is 3. The lowest BCUT2D eigenvalue weighted by molar-refractivity contribution is 0.441. The number of nitrogens with zero attached hydrogens (tertiary/aromatic N) is 1. The van der Waals surface area contributed by atoms with Crippen LogP contribution < -0.4 is 9.64 Å². The van der Waals surface area contributed by atoms with Crippen molar-refractivity contribution in [3.05, 3.63) is 209 Å². The van der Waals surface area contributed by atoms with Crippen LogP contribution in [0.5, 0.6) is 11.5 Å². The average molecular weight is 680 g/mol. The molecule has 2 nitrogen and oxygen atoms in total. The maximum atomic E-state index is 6.93. The smallest absolute Gasteiger partial charge is 0.140 e. The molecule has 0 aromatic heterocycles. The summed E-state index contributed by atoms with van der Waals surface area (Å²) in [5, 5.41) is 2.30. The molecule has 0 saturated carbocycles. The van der Waals surface area contributed by atoms with E-state index in [1.165, 1.54) is 78.0 Å². The van der Waals surface area contributed by atoms with Crippen LogP contribution in [0.2, 0.25) is 0 Å². The molecule has 1 atom stereocenters. The molecule has 8 aromatic carbocycles. The van der Waals surface area contributed by atoms with Crippen molar-refractivity contribution < 1.29 is 4.74 Å². The van der Waals surface area contributed by atoms with E-state index in [0.717, 1.165) is 22.6 Å². The van der Waals surface area contributed by atoms with Crippen LogP contribution in [0.15, 0.2) is 170 Å². The molecule has 1 spiro atoms. The Morgan fingerprint density at radius 1 is 0.472 bits per heavy atom. The zero-order valence-electron chi connectivity index (χ0n) is 30.0. The van der Waals surface area contributed by atoms with Crippen molar-refractivity contribution in [2.45, 2.75) is 31.6 Å². The largest absolute Gasteiger partial charge is 0.456 e. The van der Waals surface area contributed by atoms with Crippen molar-refractivity contribution in [1.82, 2.24) is 0 Å². The number of benzene rings is 8. The fraction of sp³-hybridized carbons (Fsp3) is 0.0980. The van der Waals surface area contributed by atoms with Crippen LogP contribution in [0, 0.1) is 6.92 Å². The van der Waals surface area contributed by atoms with Crippen molar-refractivity contribution in [3.8, 4) is 33.8 Å². The van der Waals surface area contributed by atoms with E-state index in [-0.39, 0.29) is 5.41 Å². The van der Waals surface area contributed by atoms with E-state index in [2.05, 4.69) is 196 Å². The van der Waals surface area contributed by atoms with Crippen LogP contribution in [0.3, 0.4) is 0 Å². The Morgan fingerprint density at radius 3 is 2.00 bits per heavy atom. The van der Waals surface area contributed by atoms with Gasteiger partial charge in [0.1, 0.15) is 11.5 Å². The van der Waals surface area contributed by atoms with Gasteiger partial charge in [0.25, 0.3) is 0 Å². The third kappa shape index (κ3) is 3.93. The molecule has 3 aliphatic rings. The molecule has 252 valence electrons. The highest BCUT2D eigenvalue weighted by Crippen LogP contribution is 2.64. The predicted octanol–water partition coefficient (Wildman–Crippen LogP) is 13.4. The van der Waals surface area contributed by atoms with E-state index in [1.807, 2.05) is 0 Å². The second-order valence-electron chi connectivity index (χ2n) is 15.3. The molecule has 53 heavy (non-hydrogen) atoms. The van der Waals surface area contributed by atoms with Gasteiger partial charge in [-0.3, -0.25) is 0 Å². The average Bonchev–Trinajstić information content (AvgIpc) is 3.62. The summed E-state index contributed by atoms with van der Waals surface area (Å²) in [6.45, 7) is 6.95. The molecular weight excluding hydrogens is 643 g/mol. The van der Waals surface area contributed by atoms with Gasteiger partial charge in [-0.25, -0.2) is 0 Å². The third-order valence-corrected chi connectivity index (χ3v) is 12.3. The monoisotopic (exact) mass is 679 g/mol. The van der Waals surface area contributed by atoms with Gasteiger partial charge in [-0.15, -0.1) is 0 Å². The van der Waals surface area contributed by atoms with Gasteiger partial charge >= 0.3 is 0 Å². The van der Waals surface area contributed by atoms with E-state index < -0.39 is 5.41 Å². The van der Waals surface area contributed by atoms with Gasteiger partial charge < -0.3 is 9.64 Å². The third-order valence-electron chi connectivity index (χ3n) is 12.3. The molecule has 0 amide bonds. The summed E-state index contributed by atoms with van der Waals surface area (Å²) in [7, 11) is 0. The Balaban J connectivity index is 1.24. The molecular formula is C51H37NO. The Morgan fingerprint density at radius 2 is 1.13 bits per heavy atom. The van der Waals surface area contributed by atoms with Gasteiger partial charge in [0.05, 0.1) is 11.1 Å². The first kappa shape index (κ1) is 30.3. The van der Waals surface area contributed by atoms with Crippen molar-refractivity contribution in [3.63, 3.8) is 0 Å². The van der Waals surface area contributed by atoms with Crippen LogP contribution in [-0.2, 0) is 10.8 Å². The SMILES string of the molecule is Cc1ccccc1N(c1ccc2c(c1)C1(c3ccccc3Oc3c1ccc1ccccc31)c1ccccc1-2)c1cccc2c1-c1ccccc1C2(C)C. The summed E-state index contributed by atoms with van der Waals surface area (Å²) >= 11 is 0. The first-order valence-electron chi connectivity index (χ1n) is 18.6. The Kier molecular flexibility index (Phi) is 6.18. The normalized spacial score (nSPS) is 16.6. The lowest BCUT2D eigenvalue weighted by Crippen LogP contribution is -2.32. The molecule has 2 heteroatoms. The van der Waals surface area contributed by atoms with Gasteiger partial charge in [0.15, 0.2) is 0 Å². The maximum Gasteiger partial charge on any atom is 0.140 e. The van der Waals surface area contributed by atoms with Crippen LogP contribution in [0.1, 0.15) is 52.8 Å². The van der Waals surface area contributed by atoms with E-state index in [4.69, 9.17) is 4.74 Å². The quantitative estimate of drug-likeness (QED) is 0.184. The fourth-order valence-corrected chi connectivity index (χ4v) is 9.90. The van der Waals surface area contributed by atoms with Crippen LogP contribution in [0.25, 0.3) is 33.0 Å². The van der Waals surface area contributed by atoms with Crippen LogP contribution >= 0.6 is 0 Å². The van der Waals surface area contributed by atoms with Crippen LogP contribution in [0.4, 0.5) is 17.1 Å². The lowest BCUT2D eigenvalue weighted by atomic mass is 9.65. The Hall–Kier alpha value is -6.38. The second kappa shape index (κ2) is 10.8. The van der Waals surface area contributed by atoms with E-state index in [0.29, 0.717) is 0 Å². The minimum absolute atomic E-state index is 0.110. The van der Waals surface area contributed by atoms with Gasteiger partial charge in [0.2, 0.25) is 0 Å². The molecule has 2 aliphatic carbocycles. The van der Waals surface area contributed by atoms with E-state index in [1.54, 1.807) is 0 Å². The van der Waals surface area contributed by atoms with Gasteiger partial charge in [-0.05, 0) is 87.1 Å². The van der Waals surface area contributed by atoms with Gasteiger partial charge in [-0.1, -0.05) is 153 Å². The molecule has 1 heterocycles. The number of para-hydroxylation sites is 2. The topological polar surface area (TPSA) is 12.5 Å². The number of hydrogen-bond donors (Lipinski definition) is 0.